The van der Waals surface area contributed by atoms with E-state index in [0.29, 0.717) is 17.4 Å². The summed E-state index contributed by atoms with van der Waals surface area (Å²) < 4.78 is 0. The van der Waals surface area contributed by atoms with Crippen LogP contribution in [-0.2, 0) is 0 Å². The van der Waals surface area contributed by atoms with Gasteiger partial charge in [0.1, 0.15) is 5.69 Å². The lowest BCUT2D eigenvalue weighted by molar-refractivity contribution is 0.0783. The van der Waals surface area contributed by atoms with Crippen LogP contribution in [0.3, 0.4) is 0 Å². The van der Waals surface area contributed by atoms with Crippen molar-refractivity contribution in [3.63, 3.8) is 0 Å². The fourth-order valence-corrected chi connectivity index (χ4v) is 1.26. The van der Waals surface area contributed by atoms with E-state index in [1.807, 2.05) is 0 Å². The van der Waals surface area contributed by atoms with E-state index in [0.717, 1.165) is 13.0 Å². The summed E-state index contributed by atoms with van der Waals surface area (Å²) >= 11 is 0. The summed E-state index contributed by atoms with van der Waals surface area (Å²) in [6, 6.07) is 0. The number of nitrogens with two attached hydrogens (primary N) is 1. The maximum atomic E-state index is 11.9. The van der Waals surface area contributed by atoms with Crippen LogP contribution in [0.25, 0.3) is 0 Å². The number of anilines is 1. The number of hydrogen-bond donors (Lipinski definition) is 2. The van der Waals surface area contributed by atoms with Gasteiger partial charge in [-0.3, -0.25) is 4.79 Å². The standard InChI is InChI=1S/C11H19N5O/c1-8(2)4-5-16(3)11(17)9-6-14-10(15-12)7-13-9/h6-8H,4-5,12H2,1-3H3,(H,14,15). The lowest BCUT2D eigenvalue weighted by atomic mass is 10.1. The maximum Gasteiger partial charge on any atom is 0.273 e. The smallest absolute Gasteiger partial charge is 0.273 e. The number of hydrazine groups is 1. The van der Waals surface area contributed by atoms with Crippen molar-refractivity contribution < 1.29 is 4.79 Å². The first kappa shape index (κ1) is 13.4. The van der Waals surface area contributed by atoms with Crippen molar-refractivity contribution in [3.05, 3.63) is 18.1 Å². The summed E-state index contributed by atoms with van der Waals surface area (Å²) in [6.45, 7) is 4.97. The lowest BCUT2D eigenvalue weighted by Crippen LogP contribution is -2.29. The number of amides is 1. The molecule has 0 saturated heterocycles. The van der Waals surface area contributed by atoms with E-state index in [1.165, 1.54) is 12.4 Å². The molecule has 0 aliphatic carbocycles. The average molecular weight is 237 g/mol. The lowest BCUT2D eigenvalue weighted by Gasteiger charge is -2.17. The molecule has 6 nitrogen and oxygen atoms in total. The molecule has 0 radical (unpaired) electrons. The minimum Gasteiger partial charge on any atom is -0.340 e. The van der Waals surface area contributed by atoms with Crippen LogP contribution in [0.15, 0.2) is 12.4 Å². The molecule has 0 saturated carbocycles. The number of carbonyl (C=O) groups is 1. The van der Waals surface area contributed by atoms with Gasteiger partial charge in [-0.1, -0.05) is 13.8 Å². The number of nitrogen functional groups attached to an aromatic ring is 1. The van der Waals surface area contributed by atoms with Crippen molar-refractivity contribution in [1.29, 1.82) is 0 Å². The molecule has 1 rings (SSSR count). The summed E-state index contributed by atoms with van der Waals surface area (Å²) in [7, 11) is 1.77. The third-order valence-electron chi connectivity index (χ3n) is 2.41. The van der Waals surface area contributed by atoms with Gasteiger partial charge in [0.25, 0.3) is 5.91 Å². The van der Waals surface area contributed by atoms with Crippen molar-refractivity contribution in [2.45, 2.75) is 20.3 Å². The van der Waals surface area contributed by atoms with E-state index in [2.05, 4.69) is 29.2 Å². The number of carbonyl (C=O) groups excluding carboxylic acids is 1. The molecule has 0 aliphatic heterocycles. The Balaban J connectivity index is 2.61. The maximum absolute atomic E-state index is 11.9. The number of hydrogen-bond acceptors (Lipinski definition) is 5. The van der Waals surface area contributed by atoms with Crippen LogP contribution in [0.2, 0.25) is 0 Å². The highest BCUT2D eigenvalue weighted by atomic mass is 16.2. The first-order valence-electron chi connectivity index (χ1n) is 5.58. The highest BCUT2D eigenvalue weighted by molar-refractivity contribution is 5.91. The molecule has 0 aliphatic rings. The normalized spacial score (nSPS) is 10.4. The second kappa shape index (κ2) is 6.15. The highest BCUT2D eigenvalue weighted by Crippen LogP contribution is 2.05. The number of nitrogens with one attached hydrogen (secondary N) is 1. The molecule has 0 fully saturated rings. The van der Waals surface area contributed by atoms with Crippen molar-refractivity contribution in [2.24, 2.45) is 11.8 Å². The Morgan fingerprint density at radius 2 is 2.18 bits per heavy atom. The molecule has 0 bridgehead atoms. The van der Waals surface area contributed by atoms with Gasteiger partial charge in [-0.2, -0.15) is 0 Å². The zero-order chi connectivity index (χ0) is 12.8. The minimum absolute atomic E-state index is 0.123. The second-order valence-corrected chi connectivity index (χ2v) is 4.34. The fraction of sp³-hybridized carbons (Fsp3) is 0.545. The van der Waals surface area contributed by atoms with Crippen molar-refractivity contribution in [1.82, 2.24) is 14.9 Å². The summed E-state index contributed by atoms with van der Waals surface area (Å²) in [4.78, 5) is 21.5. The number of aromatic nitrogens is 2. The van der Waals surface area contributed by atoms with Gasteiger partial charge in [0.05, 0.1) is 12.4 Å². The molecular weight excluding hydrogens is 218 g/mol. The summed E-state index contributed by atoms with van der Waals surface area (Å²) in [5.74, 6) is 6.05. The SMILES string of the molecule is CC(C)CCN(C)C(=O)c1cnc(NN)cn1. The molecule has 1 amide bonds. The number of rotatable bonds is 5. The van der Waals surface area contributed by atoms with E-state index in [9.17, 15) is 4.79 Å². The van der Waals surface area contributed by atoms with Gasteiger partial charge >= 0.3 is 0 Å². The highest BCUT2D eigenvalue weighted by Gasteiger charge is 2.13. The zero-order valence-electron chi connectivity index (χ0n) is 10.5. The van der Waals surface area contributed by atoms with Crippen molar-refractivity contribution in [2.75, 3.05) is 19.0 Å². The molecule has 17 heavy (non-hydrogen) atoms. The predicted octanol–water partition coefficient (Wildman–Crippen LogP) is 0.880. The van der Waals surface area contributed by atoms with Gasteiger partial charge in [-0.25, -0.2) is 15.8 Å². The molecule has 1 heterocycles. The summed E-state index contributed by atoms with van der Waals surface area (Å²) in [5, 5.41) is 0. The van der Waals surface area contributed by atoms with Crippen LogP contribution in [0, 0.1) is 5.92 Å². The van der Waals surface area contributed by atoms with Gasteiger partial charge < -0.3 is 10.3 Å². The largest absolute Gasteiger partial charge is 0.340 e. The topological polar surface area (TPSA) is 84.1 Å². The molecule has 0 spiro atoms. The summed E-state index contributed by atoms with van der Waals surface area (Å²) in [6.07, 6.45) is 3.82. The average Bonchev–Trinajstić information content (AvgIpc) is 2.35. The van der Waals surface area contributed by atoms with Crippen LogP contribution >= 0.6 is 0 Å². The third kappa shape index (κ3) is 3.99. The molecular formula is C11H19N5O. The van der Waals surface area contributed by atoms with Gasteiger partial charge in [0, 0.05) is 13.6 Å². The number of nitrogens with zero attached hydrogens (tertiary/aromatic N) is 3. The second-order valence-electron chi connectivity index (χ2n) is 4.34. The zero-order valence-corrected chi connectivity index (χ0v) is 10.5. The van der Waals surface area contributed by atoms with Gasteiger partial charge in [-0.15, -0.1) is 0 Å². The monoisotopic (exact) mass is 237 g/mol. The van der Waals surface area contributed by atoms with Crippen molar-refractivity contribution >= 4 is 11.7 Å². The van der Waals surface area contributed by atoms with Gasteiger partial charge in [-0.05, 0) is 12.3 Å². The predicted molar refractivity (Wildman–Crippen MR) is 66.3 cm³/mol. The Hall–Kier alpha value is -1.69. The van der Waals surface area contributed by atoms with Gasteiger partial charge in [0.2, 0.25) is 0 Å². The van der Waals surface area contributed by atoms with Crippen LogP contribution in [0.1, 0.15) is 30.8 Å². The molecule has 0 aromatic carbocycles. The van der Waals surface area contributed by atoms with Crippen molar-refractivity contribution in [3.8, 4) is 0 Å². The van der Waals surface area contributed by atoms with E-state index in [1.54, 1.807) is 11.9 Å². The first-order valence-corrected chi connectivity index (χ1v) is 5.58. The van der Waals surface area contributed by atoms with Crippen LogP contribution in [0.4, 0.5) is 5.82 Å². The van der Waals surface area contributed by atoms with Crippen LogP contribution in [-0.4, -0.2) is 34.4 Å². The molecule has 0 atom stereocenters. The Bertz CT molecular complexity index is 363. The van der Waals surface area contributed by atoms with E-state index in [4.69, 9.17) is 5.84 Å². The minimum atomic E-state index is -0.123. The Morgan fingerprint density at radius 1 is 1.47 bits per heavy atom. The quantitative estimate of drug-likeness (QED) is 0.586. The third-order valence-corrected chi connectivity index (χ3v) is 2.41. The fourth-order valence-electron chi connectivity index (χ4n) is 1.26. The van der Waals surface area contributed by atoms with E-state index in [-0.39, 0.29) is 5.91 Å². The van der Waals surface area contributed by atoms with E-state index >= 15 is 0 Å². The molecule has 0 unspecified atom stereocenters. The van der Waals surface area contributed by atoms with Gasteiger partial charge in [0.15, 0.2) is 5.82 Å². The molecule has 1 aromatic rings. The Kier molecular flexibility index (Phi) is 4.84. The Labute approximate surface area is 101 Å². The molecule has 6 heteroatoms. The molecule has 1 aromatic heterocycles. The first-order chi connectivity index (χ1) is 8.04. The van der Waals surface area contributed by atoms with Crippen LogP contribution < -0.4 is 11.3 Å². The molecule has 3 N–H and O–H groups in total. The summed E-state index contributed by atoms with van der Waals surface area (Å²) in [5.41, 5.74) is 2.69. The Morgan fingerprint density at radius 3 is 2.65 bits per heavy atom. The molecule has 94 valence electrons. The van der Waals surface area contributed by atoms with Crippen LogP contribution in [0.5, 0.6) is 0 Å². The van der Waals surface area contributed by atoms with E-state index < -0.39 is 0 Å².